The number of nitrogens with one attached hydrogen (secondary N) is 1. The number of nitrogens with two attached hydrogens (primary N) is 1. The van der Waals surface area contributed by atoms with Crippen molar-refractivity contribution in [3.63, 3.8) is 0 Å². The lowest BCUT2D eigenvalue weighted by molar-refractivity contribution is 0.0622. The first kappa shape index (κ1) is 9.14. The molecule has 0 saturated heterocycles. The molecule has 1 aromatic rings. The first-order valence-corrected chi connectivity index (χ1v) is 3.37. The molecule has 13 heavy (non-hydrogen) atoms. The summed E-state index contributed by atoms with van der Waals surface area (Å²) < 4.78 is 4.23. The third-order valence-electron chi connectivity index (χ3n) is 1.20. The van der Waals surface area contributed by atoms with Crippen LogP contribution in [0.15, 0.2) is 24.5 Å². The molecule has 0 unspecified atom stereocenters. The SMILES string of the molecule is NNC(=O)OC(=O)c1cccnc1. The van der Waals surface area contributed by atoms with E-state index in [1.165, 1.54) is 18.5 Å². The van der Waals surface area contributed by atoms with Gasteiger partial charge in [-0.15, -0.1) is 0 Å². The van der Waals surface area contributed by atoms with Crippen molar-refractivity contribution in [2.24, 2.45) is 5.84 Å². The number of aromatic nitrogens is 1. The zero-order valence-electron chi connectivity index (χ0n) is 6.56. The zero-order valence-corrected chi connectivity index (χ0v) is 6.56. The smallest absolute Gasteiger partial charge is 0.372 e. The highest BCUT2D eigenvalue weighted by molar-refractivity contribution is 5.95. The minimum atomic E-state index is -1.01. The molecule has 1 heterocycles. The monoisotopic (exact) mass is 181 g/mol. The van der Waals surface area contributed by atoms with Crippen molar-refractivity contribution in [2.75, 3.05) is 0 Å². The number of esters is 1. The summed E-state index contributed by atoms with van der Waals surface area (Å²) in [5.74, 6) is 3.91. The molecule has 0 aromatic carbocycles. The van der Waals surface area contributed by atoms with Gasteiger partial charge in [-0.05, 0) is 12.1 Å². The van der Waals surface area contributed by atoms with Crippen molar-refractivity contribution in [3.05, 3.63) is 30.1 Å². The van der Waals surface area contributed by atoms with E-state index in [-0.39, 0.29) is 5.56 Å². The lowest BCUT2D eigenvalue weighted by Gasteiger charge is -1.99. The van der Waals surface area contributed by atoms with Gasteiger partial charge in [0.05, 0.1) is 5.56 Å². The van der Waals surface area contributed by atoms with Crippen molar-refractivity contribution < 1.29 is 14.3 Å². The molecule has 0 atom stereocenters. The van der Waals surface area contributed by atoms with E-state index in [1.807, 2.05) is 0 Å². The molecular formula is C7H7N3O3. The normalized spacial score (nSPS) is 9.00. The predicted octanol–water partition coefficient (Wildman–Crippen LogP) is -0.178. The van der Waals surface area contributed by atoms with Gasteiger partial charge in [-0.3, -0.25) is 10.4 Å². The minimum Gasteiger partial charge on any atom is -0.372 e. The van der Waals surface area contributed by atoms with E-state index in [9.17, 15) is 9.59 Å². The third kappa shape index (κ3) is 2.53. The lowest BCUT2D eigenvalue weighted by Crippen LogP contribution is -2.32. The molecule has 0 spiro atoms. The van der Waals surface area contributed by atoms with Crippen molar-refractivity contribution >= 4 is 12.1 Å². The Hall–Kier alpha value is -1.95. The number of hydrogen-bond acceptors (Lipinski definition) is 5. The Kier molecular flexibility index (Phi) is 2.93. The summed E-state index contributed by atoms with van der Waals surface area (Å²) >= 11 is 0. The van der Waals surface area contributed by atoms with Crippen LogP contribution in [0.3, 0.4) is 0 Å². The highest BCUT2D eigenvalue weighted by Crippen LogP contribution is 1.98. The van der Waals surface area contributed by atoms with Gasteiger partial charge >= 0.3 is 12.1 Å². The molecule has 0 bridgehead atoms. The van der Waals surface area contributed by atoms with Gasteiger partial charge in [0, 0.05) is 12.4 Å². The van der Waals surface area contributed by atoms with E-state index in [1.54, 1.807) is 11.5 Å². The number of ether oxygens (including phenoxy) is 1. The number of carbonyl (C=O) groups excluding carboxylic acids is 2. The zero-order chi connectivity index (χ0) is 9.68. The van der Waals surface area contributed by atoms with Crippen molar-refractivity contribution in [2.45, 2.75) is 0 Å². The van der Waals surface area contributed by atoms with Gasteiger partial charge in [0.1, 0.15) is 0 Å². The van der Waals surface area contributed by atoms with Crippen LogP contribution in [0.4, 0.5) is 4.79 Å². The van der Waals surface area contributed by atoms with E-state index in [4.69, 9.17) is 5.84 Å². The topological polar surface area (TPSA) is 94.3 Å². The molecule has 0 aliphatic rings. The molecule has 6 heteroatoms. The Labute approximate surface area is 73.7 Å². The second-order valence-corrected chi connectivity index (χ2v) is 2.06. The van der Waals surface area contributed by atoms with E-state index < -0.39 is 12.1 Å². The van der Waals surface area contributed by atoms with Crippen molar-refractivity contribution in [1.29, 1.82) is 0 Å². The molecule has 0 aliphatic carbocycles. The Morgan fingerprint density at radius 3 is 2.85 bits per heavy atom. The highest BCUT2D eigenvalue weighted by Gasteiger charge is 2.10. The van der Waals surface area contributed by atoms with E-state index in [0.717, 1.165) is 0 Å². The molecule has 68 valence electrons. The molecule has 1 rings (SSSR count). The molecule has 1 amide bonds. The molecular weight excluding hydrogens is 174 g/mol. The number of hydrogen-bond donors (Lipinski definition) is 2. The van der Waals surface area contributed by atoms with Gasteiger partial charge < -0.3 is 4.74 Å². The van der Waals surface area contributed by atoms with Crippen LogP contribution in [-0.4, -0.2) is 17.0 Å². The van der Waals surface area contributed by atoms with Crippen LogP contribution in [0.5, 0.6) is 0 Å². The van der Waals surface area contributed by atoms with Crippen LogP contribution in [0.25, 0.3) is 0 Å². The van der Waals surface area contributed by atoms with Crippen molar-refractivity contribution in [1.82, 2.24) is 10.4 Å². The Balaban J connectivity index is 2.65. The van der Waals surface area contributed by atoms with Crippen LogP contribution in [-0.2, 0) is 4.74 Å². The molecule has 0 aliphatic heterocycles. The first-order chi connectivity index (χ1) is 6.24. The summed E-state index contributed by atoms with van der Waals surface area (Å²) in [5, 5.41) is 0. The predicted molar refractivity (Wildman–Crippen MR) is 42.4 cm³/mol. The molecule has 0 saturated carbocycles. The summed E-state index contributed by atoms with van der Waals surface area (Å²) in [6.07, 6.45) is 1.78. The Morgan fingerprint density at radius 2 is 2.31 bits per heavy atom. The van der Waals surface area contributed by atoms with Crippen molar-refractivity contribution in [3.8, 4) is 0 Å². The van der Waals surface area contributed by atoms with E-state index >= 15 is 0 Å². The summed E-state index contributed by atoms with van der Waals surface area (Å²) in [6, 6.07) is 3.02. The Bertz CT molecular complexity index is 312. The molecule has 3 N–H and O–H groups in total. The van der Waals surface area contributed by atoms with E-state index in [2.05, 4.69) is 9.72 Å². The van der Waals surface area contributed by atoms with Crippen LogP contribution >= 0.6 is 0 Å². The maximum Gasteiger partial charge on any atom is 0.429 e. The van der Waals surface area contributed by atoms with Gasteiger partial charge in [-0.1, -0.05) is 0 Å². The van der Waals surface area contributed by atoms with Crippen LogP contribution in [0, 0.1) is 0 Å². The average molecular weight is 181 g/mol. The second kappa shape index (κ2) is 4.17. The fourth-order valence-corrected chi connectivity index (χ4v) is 0.656. The molecule has 6 nitrogen and oxygen atoms in total. The fourth-order valence-electron chi connectivity index (χ4n) is 0.656. The number of amides is 1. The average Bonchev–Trinajstić information content (AvgIpc) is 2.19. The molecule has 0 fully saturated rings. The van der Waals surface area contributed by atoms with Gasteiger partial charge in [-0.2, -0.15) is 0 Å². The van der Waals surface area contributed by atoms with Gasteiger partial charge in [0.15, 0.2) is 0 Å². The molecule has 1 aromatic heterocycles. The third-order valence-corrected chi connectivity index (χ3v) is 1.20. The first-order valence-electron chi connectivity index (χ1n) is 3.37. The maximum absolute atomic E-state index is 11.0. The second-order valence-electron chi connectivity index (χ2n) is 2.06. The quantitative estimate of drug-likeness (QED) is 0.206. The molecule has 0 radical (unpaired) electrons. The highest BCUT2D eigenvalue weighted by atomic mass is 16.6. The number of hydrazine groups is 1. The number of carbonyl (C=O) groups is 2. The largest absolute Gasteiger partial charge is 0.429 e. The van der Waals surface area contributed by atoms with Gasteiger partial charge in [0.25, 0.3) is 0 Å². The number of nitrogens with zero attached hydrogens (tertiary/aromatic N) is 1. The summed E-state index contributed by atoms with van der Waals surface area (Å²) in [4.78, 5) is 25.2. The standard InChI is InChI=1S/C7H7N3O3/c8-10-7(12)13-6(11)5-2-1-3-9-4-5/h1-4H,8H2,(H,10,12). The number of rotatable bonds is 1. The van der Waals surface area contributed by atoms with Gasteiger partial charge in [0.2, 0.25) is 0 Å². The van der Waals surface area contributed by atoms with Crippen LogP contribution in [0.2, 0.25) is 0 Å². The number of pyridine rings is 1. The summed E-state index contributed by atoms with van der Waals surface area (Å²) in [7, 11) is 0. The maximum atomic E-state index is 11.0. The minimum absolute atomic E-state index is 0.186. The summed E-state index contributed by atoms with van der Waals surface area (Å²) in [5.41, 5.74) is 1.85. The van der Waals surface area contributed by atoms with Crippen LogP contribution < -0.4 is 11.3 Å². The van der Waals surface area contributed by atoms with Crippen LogP contribution in [0.1, 0.15) is 10.4 Å². The Morgan fingerprint density at radius 1 is 1.54 bits per heavy atom. The lowest BCUT2D eigenvalue weighted by atomic mass is 10.3. The fraction of sp³-hybridized carbons (Fsp3) is 0. The van der Waals surface area contributed by atoms with Gasteiger partial charge in [-0.25, -0.2) is 15.4 Å². The van der Waals surface area contributed by atoms with E-state index in [0.29, 0.717) is 0 Å². The summed E-state index contributed by atoms with van der Waals surface area (Å²) in [6.45, 7) is 0.